The summed E-state index contributed by atoms with van der Waals surface area (Å²) in [6.45, 7) is -3.69. The van der Waals surface area contributed by atoms with Gasteiger partial charge in [-0.05, 0) is 0 Å². The van der Waals surface area contributed by atoms with Gasteiger partial charge in [-0.25, -0.2) is 29.9 Å². The molecule has 466 valence electrons. The number of hydrogen-bond acceptors (Lipinski definition) is 30. The maximum atomic E-state index is 11.3. The van der Waals surface area contributed by atoms with E-state index in [0.29, 0.717) is 44.3 Å². The van der Waals surface area contributed by atoms with Crippen LogP contribution in [-0.2, 0) is 18.9 Å². The first-order chi connectivity index (χ1) is 42.3. The highest BCUT2D eigenvalue weighted by atomic mass is 16.7. The molecule has 6 aliphatic rings. The van der Waals surface area contributed by atoms with Crippen LogP contribution in [0.3, 0.4) is 0 Å². The molecular formula is C56H58N8O24. The van der Waals surface area contributed by atoms with Gasteiger partial charge in [-0.2, -0.15) is 0 Å². The second-order valence-corrected chi connectivity index (χ2v) is 21.7. The van der Waals surface area contributed by atoms with Crippen molar-refractivity contribution in [3.8, 4) is 68.5 Å². The highest BCUT2D eigenvalue weighted by Crippen LogP contribution is 2.55. The van der Waals surface area contributed by atoms with E-state index in [1.54, 1.807) is 48.5 Å². The highest BCUT2D eigenvalue weighted by Gasteiger charge is 2.48. The van der Waals surface area contributed by atoms with Crippen molar-refractivity contribution in [1.82, 2.24) is 39.9 Å². The van der Waals surface area contributed by atoms with Gasteiger partial charge in [-0.3, -0.25) is 0 Å². The van der Waals surface area contributed by atoms with Crippen LogP contribution in [0.25, 0.3) is 89.7 Å². The number of aromatic amines is 2. The molecule has 0 amide bonds. The summed E-state index contributed by atoms with van der Waals surface area (Å²) in [5, 5.41) is 174. The summed E-state index contributed by atoms with van der Waals surface area (Å²) in [5.74, 6) is -2.20. The van der Waals surface area contributed by atoms with Crippen molar-refractivity contribution >= 4 is 44.1 Å². The third-order valence-corrected chi connectivity index (χ3v) is 16.1. The van der Waals surface area contributed by atoms with Crippen molar-refractivity contribution in [2.75, 3.05) is 26.4 Å². The van der Waals surface area contributed by atoms with Gasteiger partial charge in [0, 0.05) is 33.0 Å². The maximum absolute atomic E-state index is 11.3. The predicted molar refractivity (Wildman–Crippen MR) is 294 cm³/mol. The van der Waals surface area contributed by atoms with Crippen molar-refractivity contribution in [2.45, 2.75) is 123 Å². The molecule has 0 radical (unpaired) electrons. The maximum Gasteiger partial charge on any atom is 0.208 e. The number of rotatable bonds is 12. The van der Waals surface area contributed by atoms with Crippen molar-refractivity contribution in [1.29, 1.82) is 0 Å². The van der Waals surface area contributed by atoms with Crippen LogP contribution in [0.15, 0.2) is 72.8 Å². The SMILES string of the molecule is O[C@@H]1[C@@H](O)[C@@H](O)O[C@H](COc2c(OC[C@H]3O[C@H](O)[C@H](O)[C@@H](O)[C@H]3O)c(OC[C@H]3O[C@H](O)[C@H](O)[C@@H](O)[C@H]3O)c3c4nc5nc(nc6[nH]c(nc7nc(nc([nH]4)c3c2OC[C@H]2O[C@H](O)[C@H](O)[C@@H](O)[C@H]2O)-c2ccccc2-7)c2ccccc62)-c2ccccc2-5)[C@@H]1O. The number of aliphatic hydroxyl groups is 16. The van der Waals surface area contributed by atoms with Crippen LogP contribution in [0.2, 0.25) is 0 Å². The van der Waals surface area contributed by atoms with E-state index in [4.69, 9.17) is 67.8 Å². The molecule has 13 rings (SSSR count). The minimum Gasteiger partial charge on any atom is -0.486 e. The minimum absolute atomic E-state index is 0.0122. The summed E-state index contributed by atoms with van der Waals surface area (Å²) in [4.78, 5) is 36.6. The van der Waals surface area contributed by atoms with Crippen molar-refractivity contribution < 1.29 is 120 Å². The molecule has 4 fully saturated rings. The van der Waals surface area contributed by atoms with Gasteiger partial charge in [0.2, 0.25) is 11.5 Å². The van der Waals surface area contributed by atoms with Crippen molar-refractivity contribution in [3.05, 3.63) is 72.8 Å². The Labute approximate surface area is 492 Å². The molecule has 0 unspecified atom stereocenters. The van der Waals surface area contributed by atoms with Gasteiger partial charge in [0.1, 0.15) is 147 Å². The molecule has 6 aliphatic heterocycles. The second-order valence-electron chi connectivity index (χ2n) is 21.7. The molecule has 0 spiro atoms. The zero-order valence-corrected chi connectivity index (χ0v) is 45.4. The molecule has 7 aromatic rings. The van der Waals surface area contributed by atoms with Crippen LogP contribution >= 0.6 is 0 Å². The summed E-state index contributed by atoms with van der Waals surface area (Å²) >= 11 is 0. The Morgan fingerprint density at radius 1 is 0.295 bits per heavy atom. The van der Waals surface area contributed by atoms with Gasteiger partial charge in [0.15, 0.2) is 60.0 Å². The lowest BCUT2D eigenvalue weighted by Crippen LogP contribution is -2.59. The third-order valence-electron chi connectivity index (χ3n) is 16.1. The van der Waals surface area contributed by atoms with E-state index in [1.807, 2.05) is 24.3 Å². The molecular weight excluding hydrogens is 1170 g/mol. The molecule has 4 saturated heterocycles. The number of benzene rings is 4. The summed E-state index contributed by atoms with van der Waals surface area (Å²) in [5.41, 5.74) is 2.05. The average molecular weight is 1230 g/mol. The Hall–Kier alpha value is -7.36. The third kappa shape index (κ3) is 10.4. The largest absolute Gasteiger partial charge is 0.486 e. The smallest absolute Gasteiger partial charge is 0.208 e. The van der Waals surface area contributed by atoms with E-state index < -0.39 is 172 Å². The Morgan fingerprint density at radius 3 is 0.841 bits per heavy atom. The van der Waals surface area contributed by atoms with Crippen molar-refractivity contribution in [2.24, 2.45) is 0 Å². The van der Waals surface area contributed by atoms with Crippen molar-refractivity contribution in [3.63, 3.8) is 0 Å². The fourth-order valence-electron chi connectivity index (χ4n) is 11.3. The summed E-state index contributed by atoms with van der Waals surface area (Å²) in [7, 11) is 0. The van der Waals surface area contributed by atoms with Gasteiger partial charge < -0.3 is 130 Å². The average Bonchev–Trinajstić information content (AvgIpc) is 1.58. The Morgan fingerprint density at radius 2 is 0.545 bits per heavy atom. The standard InChI is InChI=1S/C56H58N8O24/c65-29-23(85-53(77)37(73)33(29)69)13-81-41-27-28(52-63-50-22-12-6-4-10-20(22)48(61-50)59-46-18-8-2-1-7-17(18)45(57-46)58-47-19-9-3-5-11-21(19)49(60-47)62-51(27)64-52)42(82-14-24-30(66)34(70)38(74)54(78)86-24)44(84-16-26-32(68)36(72)40(76)56(80)88-26)43(41)83-15-25-31(67)35(71)39(75)55(79)87-25/h1-12,23-26,29-40,53-56,65-80H,13-16H2,(H2,57,58,59,60,61,62,63,64)/t23-,24-,25-,26-,29+,30+,31+,32+,33+,34+,35+,36+,37-,38-,39-,40-,53+,54+,55+,56+/m1/s1. The lowest BCUT2D eigenvalue weighted by molar-refractivity contribution is -0.286. The molecule has 9 heterocycles. The minimum atomic E-state index is -2.12. The van der Waals surface area contributed by atoms with E-state index in [1.165, 1.54) is 0 Å². The van der Waals surface area contributed by atoms with Gasteiger partial charge in [-0.1, -0.05) is 72.8 Å². The Bertz CT molecular complexity index is 3710. The topological polar surface area (TPSA) is 506 Å². The lowest BCUT2D eigenvalue weighted by atomic mass is 9.99. The zero-order valence-electron chi connectivity index (χ0n) is 45.4. The molecule has 8 bridgehead atoms. The molecule has 0 saturated carbocycles. The van der Waals surface area contributed by atoms with Crippen LogP contribution < -0.4 is 18.9 Å². The molecule has 3 aromatic heterocycles. The van der Waals surface area contributed by atoms with Gasteiger partial charge in [0.25, 0.3) is 0 Å². The summed E-state index contributed by atoms with van der Waals surface area (Å²) < 4.78 is 48.3. The summed E-state index contributed by atoms with van der Waals surface area (Å²) in [6, 6.07) is 21.2. The Kier molecular flexibility index (Phi) is 15.9. The molecule has 32 nitrogen and oxygen atoms in total. The van der Waals surface area contributed by atoms with Crippen LogP contribution in [0, 0.1) is 0 Å². The number of nitrogens with zero attached hydrogens (tertiary/aromatic N) is 6. The number of hydrogen-bond donors (Lipinski definition) is 18. The monoisotopic (exact) mass is 1230 g/mol. The lowest BCUT2D eigenvalue weighted by Gasteiger charge is -2.39. The quantitative estimate of drug-likeness (QED) is 0.0549. The first kappa shape index (κ1) is 59.6. The molecule has 0 aliphatic carbocycles. The molecule has 4 aromatic carbocycles. The van der Waals surface area contributed by atoms with Crippen LogP contribution in [0.5, 0.6) is 23.0 Å². The number of nitrogens with one attached hydrogen (secondary N) is 2. The first-order valence-corrected chi connectivity index (χ1v) is 27.6. The Balaban J connectivity index is 1.14. The van der Waals surface area contributed by atoms with Gasteiger partial charge >= 0.3 is 0 Å². The second kappa shape index (κ2) is 23.5. The van der Waals surface area contributed by atoms with E-state index in [-0.39, 0.29) is 45.4 Å². The summed E-state index contributed by atoms with van der Waals surface area (Å²) in [6.07, 6.45) is -39.6. The number of ether oxygens (including phenoxy) is 8. The van der Waals surface area contributed by atoms with Crippen LogP contribution in [-0.4, -0.2) is 271 Å². The normalized spacial score (nSPS) is 33.0. The number of aliphatic hydroxyl groups excluding tert-OH is 16. The molecule has 18 N–H and O–H groups in total. The zero-order chi connectivity index (χ0) is 61.7. The predicted octanol–water partition coefficient (Wildman–Crippen LogP) is -4.42. The van der Waals surface area contributed by atoms with Gasteiger partial charge in [-0.15, -0.1) is 0 Å². The number of aromatic nitrogens is 8. The van der Waals surface area contributed by atoms with Crippen LogP contribution in [0.4, 0.5) is 0 Å². The molecule has 32 heteroatoms. The van der Waals surface area contributed by atoms with E-state index in [0.717, 1.165) is 0 Å². The fourth-order valence-corrected chi connectivity index (χ4v) is 11.3. The van der Waals surface area contributed by atoms with E-state index >= 15 is 0 Å². The van der Waals surface area contributed by atoms with E-state index in [2.05, 4.69) is 9.97 Å². The van der Waals surface area contributed by atoms with E-state index in [9.17, 15) is 81.7 Å². The molecule has 20 atom stereocenters. The van der Waals surface area contributed by atoms with Gasteiger partial charge in [0.05, 0.1) is 10.8 Å². The molecule has 88 heavy (non-hydrogen) atoms. The highest BCUT2D eigenvalue weighted by molar-refractivity contribution is 6.14. The first-order valence-electron chi connectivity index (χ1n) is 27.6. The number of H-pyrrole nitrogens is 2. The van der Waals surface area contributed by atoms with Crippen LogP contribution in [0.1, 0.15) is 0 Å². The number of fused-ring (bicyclic) bond motifs is 20. The fraction of sp³-hybridized carbons (Fsp3) is 0.429.